The molecule has 0 bridgehead atoms. The van der Waals surface area contributed by atoms with Gasteiger partial charge in [0.1, 0.15) is 11.8 Å². The van der Waals surface area contributed by atoms with Crippen LogP contribution in [0.2, 0.25) is 0 Å². The topological polar surface area (TPSA) is 285 Å². The van der Waals surface area contributed by atoms with Gasteiger partial charge < -0.3 is 45.9 Å². The highest BCUT2D eigenvalue weighted by Crippen LogP contribution is 2.41. The average molecular weight is 692 g/mol. The first-order valence-electron chi connectivity index (χ1n) is 14.9. The van der Waals surface area contributed by atoms with Crippen molar-refractivity contribution in [3.05, 3.63) is 82.4 Å². The van der Waals surface area contributed by atoms with Gasteiger partial charge in [0.05, 0.1) is 18.4 Å². The van der Waals surface area contributed by atoms with Gasteiger partial charge in [0, 0.05) is 35.4 Å². The summed E-state index contributed by atoms with van der Waals surface area (Å²) in [6.45, 7) is 3.54. The van der Waals surface area contributed by atoms with Crippen molar-refractivity contribution < 1.29 is 53.9 Å². The van der Waals surface area contributed by atoms with E-state index in [-0.39, 0.29) is 52.3 Å². The Labute approximate surface area is 283 Å². The Morgan fingerprint density at radius 1 is 1.02 bits per heavy atom. The summed E-state index contributed by atoms with van der Waals surface area (Å²) >= 11 is 0. The van der Waals surface area contributed by atoms with Gasteiger partial charge in [0.25, 0.3) is 5.91 Å². The normalized spacial score (nSPS) is 14.2. The Balaban J connectivity index is 1.35. The highest BCUT2D eigenvalue weighted by molar-refractivity contribution is 5.97. The van der Waals surface area contributed by atoms with E-state index >= 15 is 0 Å². The van der Waals surface area contributed by atoms with Crippen molar-refractivity contribution in [3.63, 3.8) is 0 Å². The monoisotopic (exact) mass is 691 g/mol. The lowest BCUT2D eigenvalue weighted by Gasteiger charge is -2.18. The number of amides is 1. The number of carboxylic acid groups (broad SMARTS) is 2. The summed E-state index contributed by atoms with van der Waals surface area (Å²) in [5.74, 6) is -7.04. The fraction of sp³-hybridized carbons (Fsp3) is 0.250. The number of aliphatic hydroxyl groups excluding tert-OH is 1. The molecule has 50 heavy (non-hydrogen) atoms. The van der Waals surface area contributed by atoms with E-state index in [1.165, 1.54) is 24.4 Å². The van der Waals surface area contributed by atoms with Gasteiger partial charge >= 0.3 is 23.9 Å². The van der Waals surface area contributed by atoms with Crippen molar-refractivity contribution >= 4 is 41.4 Å². The summed E-state index contributed by atoms with van der Waals surface area (Å²) in [5, 5.41) is 46.9. The van der Waals surface area contributed by atoms with E-state index in [1.807, 2.05) is 0 Å². The Kier molecular flexibility index (Phi) is 11.6. The molecule has 3 aromatic rings. The molecule has 0 spiro atoms. The van der Waals surface area contributed by atoms with Crippen LogP contribution in [0.3, 0.4) is 0 Å². The molecule has 2 atom stereocenters. The van der Waals surface area contributed by atoms with Crippen LogP contribution in [0.1, 0.15) is 54.2 Å². The van der Waals surface area contributed by atoms with Crippen LogP contribution in [-0.4, -0.2) is 72.5 Å². The maximum atomic E-state index is 12.9. The van der Waals surface area contributed by atoms with Gasteiger partial charge in [-0.25, -0.2) is 29.3 Å². The van der Waals surface area contributed by atoms with Crippen LogP contribution in [0.25, 0.3) is 5.88 Å². The zero-order valence-corrected chi connectivity index (χ0v) is 26.6. The van der Waals surface area contributed by atoms with Crippen LogP contribution in [-0.2, 0) is 25.7 Å². The quantitative estimate of drug-likeness (QED) is 0.0633. The number of fused-ring (bicyclic) bond motifs is 1. The zero-order chi connectivity index (χ0) is 36.5. The second-order valence-corrected chi connectivity index (χ2v) is 11.0. The minimum Gasteiger partial charge on any atom is -0.504 e. The lowest BCUT2D eigenvalue weighted by Crippen LogP contribution is -2.49. The fourth-order valence-corrected chi connectivity index (χ4v) is 4.58. The van der Waals surface area contributed by atoms with Crippen LogP contribution >= 0.6 is 0 Å². The molecule has 0 saturated carbocycles. The largest absolute Gasteiger partial charge is 0.504 e. The molecule has 1 aliphatic heterocycles. The second-order valence-electron chi connectivity index (χ2n) is 11.0. The summed E-state index contributed by atoms with van der Waals surface area (Å²) in [4.78, 5) is 72.8. The molecular weight excluding hydrogens is 658 g/mol. The van der Waals surface area contributed by atoms with Gasteiger partial charge in [-0.05, 0) is 48.7 Å². The number of rotatable bonds is 14. The van der Waals surface area contributed by atoms with Crippen molar-refractivity contribution in [2.75, 3.05) is 5.32 Å². The number of carboxylic acids is 2. The highest BCUT2D eigenvalue weighted by Gasteiger charge is 2.25. The number of anilines is 1. The molecule has 0 saturated heterocycles. The number of carbonyl (C=O) groups excluding carboxylic acids is 3. The maximum absolute atomic E-state index is 12.9. The van der Waals surface area contributed by atoms with E-state index in [0.29, 0.717) is 23.5 Å². The number of aromatic nitrogens is 2. The number of carbonyl (C=O) groups is 5. The van der Waals surface area contributed by atoms with Crippen LogP contribution in [0.15, 0.2) is 59.7 Å². The summed E-state index contributed by atoms with van der Waals surface area (Å²) in [7, 11) is 0. The maximum Gasteiger partial charge on any atom is 0.336 e. The van der Waals surface area contributed by atoms with E-state index in [1.54, 1.807) is 26.0 Å². The van der Waals surface area contributed by atoms with Gasteiger partial charge in [0.2, 0.25) is 5.88 Å². The molecule has 0 aliphatic carbocycles. The van der Waals surface area contributed by atoms with Crippen LogP contribution < -0.4 is 42.0 Å². The fourth-order valence-electron chi connectivity index (χ4n) is 4.58. The van der Waals surface area contributed by atoms with Crippen molar-refractivity contribution in [2.24, 2.45) is 10.7 Å². The summed E-state index contributed by atoms with van der Waals surface area (Å²) in [6.07, 6.45) is 1.06. The van der Waals surface area contributed by atoms with Gasteiger partial charge in [-0.1, -0.05) is 13.8 Å². The number of nitrogens with one attached hydrogen (secondary N) is 3. The molecule has 1 aromatic heterocycles. The molecule has 9 N–H and O–H groups in total. The lowest BCUT2D eigenvalue weighted by atomic mass is 10.00. The molecule has 4 rings (SSSR count). The Morgan fingerprint density at radius 2 is 1.74 bits per heavy atom. The van der Waals surface area contributed by atoms with Gasteiger partial charge in [-0.3, -0.25) is 15.3 Å². The van der Waals surface area contributed by atoms with E-state index in [9.17, 15) is 39.3 Å². The molecule has 18 heteroatoms. The number of aliphatic carboxylic acids is 2. The molecule has 1 amide bonds. The molecular formula is C32H33N7O11. The van der Waals surface area contributed by atoms with Crippen LogP contribution in [0.5, 0.6) is 17.2 Å². The molecule has 2 heterocycles. The standard InChI is InChI=1S/C32H33N7O11/c1-15(2)25-21(9-8-20(40)27(25)50-24(44)12-10-22(41)42)49-23(43)11-7-19(31(47)48)37-29(45)16-3-5-17(6-4-16)34-13-18-14-35-28-26(36-18)30(46)39-32(33)38-28/h3-6,8-10,12,14-15,19,32,34,39-40,46H,7,11,13,33H2,1-2H3,(H,37,45)(H,41,42)(H,47,48)/b12-10+. The minimum atomic E-state index is -1.46. The molecule has 262 valence electrons. The Hall–Kier alpha value is -6.56. The first-order chi connectivity index (χ1) is 23.7. The second kappa shape index (κ2) is 16.0. The van der Waals surface area contributed by atoms with Crippen LogP contribution in [0.4, 0.5) is 5.69 Å². The smallest absolute Gasteiger partial charge is 0.336 e. The number of benzene rings is 2. The Morgan fingerprint density at radius 3 is 2.40 bits per heavy atom. The van der Waals surface area contributed by atoms with E-state index < -0.39 is 60.2 Å². The number of nitrogens with two attached hydrogens (primary N) is 1. The number of hydrogen-bond donors (Lipinski definition) is 8. The first-order valence-corrected chi connectivity index (χ1v) is 14.9. The molecule has 1 aliphatic rings. The number of aromatic hydroxyl groups is 1. The van der Waals surface area contributed by atoms with E-state index in [2.05, 4.69) is 30.9 Å². The lowest BCUT2D eigenvalue weighted by molar-refractivity contribution is -0.140. The molecule has 2 aromatic carbocycles. The summed E-state index contributed by atoms with van der Waals surface area (Å²) in [6, 6.07) is 7.02. The predicted molar refractivity (Wildman–Crippen MR) is 172 cm³/mol. The number of aliphatic hydroxyl groups is 1. The highest BCUT2D eigenvalue weighted by atomic mass is 16.6. The number of phenolic OH excluding ortho intramolecular Hbond substituents is 1. The third-order valence-electron chi connectivity index (χ3n) is 6.94. The van der Waals surface area contributed by atoms with Crippen molar-refractivity contribution in [1.82, 2.24) is 20.6 Å². The van der Waals surface area contributed by atoms with Crippen LogP contribution in [0, 0.1) is 0 Å². The molecule has 0 radical (unpaired) electrons. The number of esters is 2. The van der Waals surface area contributed by atoms with Crippen molar-refractivity contribution in [2.45, 2.75) is 51.5 Å². The SMILES string of the molecule is CC(C)c1c(OC(=O)CCC(NC(=O)c2ccc(NCc3cnc4c(n3)=C(O)NC(N)N=4)cc2)C(=O)O)ccc(O)c1OC(=O)/C=C/C(=O)O. The van der Waals surface area contributed by atoms with E-state index in [0.717, 1.165) is 6.07 Å². The number of nitrogens with zero attached hydrogens (tertiary/aromatic N) is 3. The molecule has 2 unspecified atom stereocenters. The van der Waals surface area contributed by atoms with Gasteiger partial charge in [0.15, 0.2) is 28.6 Å². The first kappa shape index (κ1) is 36.3. The van der Waals surface area contributed by atoms with E-state index in [4.69, 9.17) is 20.3 Å². The molecule has 0 fully saturated rings. The summed E-state index contributed by atoms with van der Waals surface area (Å²) in [5.41, 5.74) is 7.19. The van der Waals surface area contributed by atoms with Gasteiger partial charge in [-0.2, -0.15) is 0 Å². The Bertz CT molecular complexity index is 1960. The van der Waals surface area contributed by atoms with Gasteiger partial charge in [-0.15, -0.1) is 0 Å². The molecule has 18 nitrogen and oxygen atoms in total. The van der Waals surface area contributed by atoms with Crippen molar-refractivity contribution in [3.8, 4) is 17.2 Å². The van der Waals surface area contributed by atoms with Crippen molar-refractivity contribution in [1.29, 1.82) is 0 Å². The number of ether oxygens (including phenoxy) is 2. The number of phenols is 1. The summed E-state index contributed by atoms with van der Waals surface area (Å²) < 4.78 is 10.5. The predicted octanol–water partition coefficient (Wildman–Crippen LogP) is 0.122. The number of hydrogen-bond acceptors (Lipinski definition) is 15. The third-order valence-corrected chi connectivity index (χ3v) is 6.94. The minimum absolute atomic E-state index is 0.0789. The third kappa shape index (κ3) is 9.50. The average Bonchev–Trinajstić information content (AvgIpc) is 3.06. The zero-order valence-electron chi connectivity index (χ0n) is 26.6.